The average Bonchev–Trinajstić information content (AvgIpc) is 2.24. The zero-order chi connectivity index (χ0) is 13.8. The quantitative estimate of drug-likeness (QED) is 0.829. The Morgan fingerprint density at radius 1 is 1.39 bits per heavy atom. The molecule has 0 bridgehead atoms. The van der Waals surface area contributed by atoms with Gasteiger partial charge in [-0.3, -0.25) is 4.79 Å². The normalized spacial score (nSPS) is 11.1. The molecule has 1 aromatic heterocycles. The molecule has 0 aliphatic rings. The number of rotatable bonds is 4. The topological polar surface area (TPSA) is 76.5 Å². The fraction of sp³-hybridized carbons (Fsp3) is 0.462. The predicted octanol–water partition coefficient (Wildman–Crippen LogP) is 2.05. The second-order valence-corrected chi connectivity index (χ2v) is 4.90. The van der Waals surface area contributed by atoms with E-state index in [2.05, 4.69) is 4.98 Å². The molecular weight excluding hydrogens is 234 g/mol. The molecule has 0 unspecified atom stereocenters. The molecule has 0 fully saturated rings. The molecule has 1 N–H and O–H groups in total. The lowest BCUT2D eigenvalue weighted by molar-refractivity contribution is -0.154. The minimum atomic E-state index is -1.09. The summed E-state index contributed by atoms with van der Waals surface area (Å²) in [5, 5.41) is 8.94. The van der Waals surface area contributed by atoms with Crippen LogP contribution in [0.1, 0.15) is 43.2 Å². The van der Waals surface area contributed by atoms with Crippen molar-refractivity contribution in [2.24, 2.45) is 0 Å². The summed E-state index contributed by atoms with van der Waals surface area (Å²) in [6, 6.07) is 3.30. The number of carboxylic acid groups (broad SMARTS) is 1. The van der Waals surface area contributed by atoms with Gasteiger partial charge in [-0.2, -0.15) is 0 Å². The van der Waals surface area contributed by atoms with Crippen molar-refractivity contribution in [3.05, 3.63) is 29.6 Å². The minimum absolute atomic E-state index is 0.0129. The third kappa shape index (κ3) is 4.53. The predicted molar refractivity (Wildman–Crippen MR) is 65.4 cm³/mol. The van der Waals surface area contributed by atoms with Gasteiger partial charge in [0.05, 0.1) is 0 Å². The number of aryl methyl sites for hydroxylation is 1. The number of hydrogen-bond acceptors (Lipinski definition) is 4. The first kappa shape index (κ1) is 14.2. The Morgan fingerprint density at radius 3 is 2.61 bits per heavy atom. The Bertz CT molecular complexity index is 449. The van der Waals surface area contributed by atoms with Gasteiger partial charge in [0.1, 0.15) is 5.60 Å². The van der Waals surface area contributed by atoms with Gasteiger partial charge < -0.3 is 9.84 Å². The van der Waals surface area contributed by atoms with E-state index in [9.17, 15) is 9.59 Å². The van der Waals surface area contributed by atoms with Crippen LogP contribution in [-0.2, 0) is 16.0 Å². The van der Waals surface area contributed by atoms with Crippen LogP contribution in [0.5, 0.6) is 0 Å². The number of ether oxygens (including phenoxy) is 1. The van der Waals surface area contributed by atoms with Crippen LogP contribution in [0.4, 0.5) is 0 Å². The highest BCUT2D eigenvalue weighted by atomic mass is 16.6. The molecule has 0 atom stereocenters. The molecule has 0 radical (unpaired) electrons. The molecule has 1 aromatic rings. The van der Waals surface area contributed by atoms with E-state index >= 15 is 0 Å². The number of aromatic carboxylic acids is 1. The molecule has 18 heavy (non-hydrogen) atoms. The van der Waals surface area contributed by atoms with Crippen molar-refractivity contribution in [3.8, 4) is 0 Å². The first-order chi connectivity index (χ1) is 8.29. The Labute approximate surface area is 106 Å². The zero-order valence-electron chi connectivity index (χ0n) is 10.8. The second-order valence-electron chi connectivity index (χ2n) is 4.90. The molecule has 5 nitrogen and oxygen atoms in total. The largest absolute Gasteiger partial charge is 0.477 e. The lowest BCUT2D eigenvalue weighted by Crippen LogP contribution is -2.24. The first-order valence-corrected chi connectivity index (χ1v) is 5.68. The summed E-state index contributed by atoms with van der Waals surface area (Å²) in [5.41, 5.74) is -0.00122. The van der Waals surface area contributed by atoms with E-state index in [-0.39, 0.29) is 18.1 Å². The van der Waals surface area contributed by atoms with Gasteiger partial charge in [-0.25, -0.2) is 9.78 Å². The molecule has 98 valence electrons. The van der Waals surface area contributed by atoms with Gasteiger partial charge >= 0.3 is 11.9 Å². The van der Waals surface area contributed by atoms with E-state index in [0.29, 0.717) is 12.0 Å². The van der Waals surface area contributed by atoms with Gasteiger partial charge in [-0.05, 0) is 38.8 Å². The lowest BCUT2D eigenvalue weighted by atomic mass is 10.1. The van der Waals surface area contributed by atoms with Crippen molar-refractivity contribution in [2.75, 3.05) is 0 Å². The first-order valence-electron chi connectivity index (χ1n) is 5.68. The second kappa shape index (κ2) is 5.62. The van der Waals surface area contributed by atoms with E-state index in [1.54, 1.807) is 32.9 Å². The molecule has 0 saturated carbocycles. The number of pyridine rings is 1. The molecule has 0 saturated heterocycles. The summed E-state index contributed by atoms with van der Waals surface area (Å²) in [7, 11) is 0. The maximum absolute atomic E-state index is 11.5. The fourth-order valence-electron chi connectivity index (χ4n) is 1.46. The SMILES string of the molecule is CC(C)(C)OC(=O)CCc1cccnc1C(=O)O. The molecule has 1 heterocycles. The molecular formula is C13H17NO4. The van der Waals surface area contributed by atoms with Crippen molar-refractivity contribution in [3.63, 3.8) is 0 Å². The Balaban J connectivity index is 2.64. The van der Waals surface area contributed by atoms with Crippen LogP contribution in [0.15, 0.2) is 18.3 Å². The van der Waals surface area contributed by atoms with E-state index in [1.165, 1.54) is 6.20 Å². The number of carbonyl (C=O) groups excluding carboxylic acids is 1. The highest BCUT2D eigenvalue weighted by molar-refractivity contribution is 5.87. The monoisotopic (exact) mass is 251 g/mol. The maximum Gasteiger partial charge on any atom is 0.354 e. The van der Waals surface area contributed by atoms with Crippen LogP contribution < -0.4 is 0 Å². The van der Waals surface area contributed by atoms with E-state index in [1.807, 2.05) is 0 Å². The van der Waals surface area contributed by atoms with Gasteiger partial charge in [-0.15, -0.1) is 0 Å². The van der Waals surface area contributed by atoms with E-state index < -0.39 is 11.6 Å². The summed E-state index contributed by atoms with van der Waals surface area (Å²) in [6.07, 6.45) is 1.87. The smallest absolute Gasteiger partial charge is 0.354 e. The summed E-state index contributed by atoms with van der Waals surface area (Å²) >= 11 is 0. The van der Waals surface area contributed by atoms with Gasteiger partial charge in [0.25, 0.3) is 0 Å². The lowest BCUT2D eigenvalue weighted by Gasteiger charge is -2.19. The van der Waals surface area contributed by atoms with Gasteiger partial charge in [-0.1, -0.05) is 6.07 Å². The number of esters is 1. The standard InChI is InChI=1S/C13H17NO4/c1-13(2,3)18-10(15)7-6-9-5-4-8-14-11(9)12(16)17/h4-5,8H,6-7H2,1-3H3,(H,16,17). The number of hydrogen-bond donors (Lipinski definition) is 1. The third-order valence-corrected chi connectivity index (χ3v) is 2.11. The van der Waals surface area contributed by atoms with Crippen molar-refractivity contribution < 1.29 is 19.4 Å². The molecule has 0 spiro atoms. The molecule has 1 rings (SSSR count). The van der Waals surface area contributed by atoms with Crippen LogP contribution in [0.2, 0.25) is 0 Å². The van der Waals surface area contributed by atoms with Gasteiger partial charge in [0, 0.05) is 12.6 Å². The van der Waals surface area contributed by atoms with Crippen molar-refractivity contribution in [1.29, 1.82) is 0 Å². The van der Waals surface area contributed by atoms with E-state index in [0.717, 1.165) is 0 Å². The highest BCUT2D eigenvalue weighted by Gasteiger charge is 2.17. The van der Waals surface area contributed by atoms with Gasteiger partial charge in [0.2, 0.25) is 0 Å². The number of carboxylic acids is 1. The fourth-order valence-corrected chi connectivity index (χ4v) is 1.46. The molecule has 0 aliphatic heterocycles. The zero-order valence-corrected chi connectivity index (χ0v) is 10.8. The van der Waals surface area contributed by atoms with Crippen LogP contribution in [-0.4, -0.2) is 27.6 Å². The van der Waals surface area contributed by atoms with Crippen molar-refractivity contribution in [2.45, 2.75) is 39.2 Å². The Hall–Kier alpha value is -1.91. The summed E-state index contributed by atoms with van der Waals surface area (Å²) < 4.78 is 5.15. The highest BCUT2D eigenvalue weighted by Crippen LogP contribution is 2.12. The maximum atomic E-state index is 11.5. The minimum Gasteiger partial charge on any atom is -0.477 e. The summed E-state index contributed by atoms with van der Waals surface area (Å²) in [4.78, 5) is 26.2. The Morgan fingerprint density at radius 2 is 2.06 bits per heavy atom. The van der Waals surface area contributed by atoms with Crippen LogP contribution in [0, 0.1) is 0 Å². The van der Waals surface area contributed by atoms with Crippen molar-refractivity contribution >= 4 is 11.9 Å². The third-order valence-electron chi connectivity index (χ3n) is 2.11. The average molecular weight is 251 g/mol. The molecule has 0 aromatic carbocycles. The van der Waals surface area contributed by atoms with Crippen molar-refractivity contribution in [1.82, 2.24) is 4.98 Å². The molecule has 0 amide bonds. The summed E-state index contributed by atoms with van der Waals surface area (Å²) in [6.45, 7) is 5.37. The van der Waals surface area contributed by atoms with Crippen LogP contribution >= 0.6 is 0 Å². The number of carbonyl (C=O) groups is 2. The molecule has 5 heteroatoms. The van der Waals surface area contributed by atoms with E-state index in [4.69, 9.17) is 9.84 Å². The number of nitrogens with zero attached hydrogens (tertiary/aromatic N) is 1. The Kier molecular flexibility index (Phi) is 4.42. The van der Waals surface area contributed by atoms with Gasteiger partial charge in [0.15, 0.2) is 5.69 Å². The molecule has 0 aliphatic carbocycles. The summed E-state index contributed by atoms with van der Waals surface area (Å²) in [5.74, 6) is -1.43. The van der Waals surface area contributed by atoms with Crippen LogP contribution in [0.25, 0.3) is 0 Å². The van der Waals surface area contributed by atoms with Crippen LogP contribution in [0.3, 0.4) is 0 Å². The number of aromatic nitrogens is 1.